The van der Waals surface area contributed by atoms with E-state index in [0.29, 0.717) is 6.61 Å². The Kier molecular flexibility index (Phi) is 4.65. The SMILES string of the molecule is CCOC(=O)C1(Nc2cccc(C)c2)CCNCC1C. The number of nitrogens with one attached hydrogen (secondary N) is 2. The first-order valence-electron chi connectivity index (χ1n) is 7.31. The van der Waals surface area contributed by atoms with Crippen LogP contribution in [0.2, 0.25) is 0 Å². The van der Waals surface area contributed by atoms with Gasteiger partial charge in [0.05, 0.1) is 6.61 Å². The molecule has 20 heavy (non-hydrogen) atoms. The van der Waals surface area contributed by atoms with Crippen LogP contribution in [0.5, 0.6) is 0 Å². The minimum absolute atomic E-state index is 0.143. The highest BCUT2D eigenvalue weighted by atomic mass is 16.5. The quantitative estimate of drug-likeness (QED) is 0.829. The summed E-state index contributed by atoms with van der Waals surface area (Å²) in [7, 11) is 0. The van der Waals surface area contributed by atoms with Gasteiger partial charge in [-0.3, -0.25) is 0 Å². The topological polar surface area (TPSA) is 50.4 Å². The summed E-state index contributed by atoms with van der Waals surface area (Å²) in [5.41, 5.74) is 1.53. The Morgan fingerprint density at radius 1 is 1.55 bits per heavy atom. The minimum Gasteiger partial charge on any atom is -0.464 e. The Labute approximate surface area is 120 Å². The lowest BCUT2D eigenvalue weighted by Gasteiger charge is -2.41. The molecule has 2 atom stereocenters. The Balaban J connectivity index is 2.28. The number of esters is 1. The second kappa shape index (κ2) is 6.27. The summed E-state index contributed by atoms with van der Waals surface area (Å²) in [6, 6.07) is 8.12. The average Bonchev–Trinajstić information content (AvgIpc) is 2.42. The van der Waals surface area contributed by atoms with Crippen molar-refractivity contribution in [2.75, 3.05) is 25.0 Å². The fourth-order valence-electron chi connectivity index (χ4n) is 2.80. The number of ether oxygens (including phenoxy) is 1. The summed E-state index contributed by atoms with van der Waals surface area (Å²) in [5, 5.41) is 6.79. The summed E-state index contributed by atoms with van der Waals surface area (Å²) in [6.07, 6.45) is 0.737. The molecule has 1 fully saturated rings. The summed E-state index contributed by atoms with van der Waals surface area (Å²) < 4.78 is 5.33. The lowest BCUT2D eigenvalue weighted by Crippen LogP contribution is -2.59. The molecule has 0 spiro atoms. The largest absolute Gasteiger partial charge is 0.464 e. The monoisotopic (exact) mass is 276 g/mol. The molecule has 0 saturated carbocycles. The number of aryl methyl sites for hydroxylation is 1. The third-order valence-electron chi connectivity index (χ3n) is 4.01. The molecule has 4 heteroatoms. The maximum Gasteiger partial charge on any atom is 0.332 e. The van der Waals surface area contributed by atoms with Gasteiger partial charge in [-0.1, -0.05) is 19.1 Å². The third kappa shape index (κ3) is 2.96. The van der Waals surface area contributed by atoms with Crippen LogP contribution in [0.25, 0.3) is 0 Å². The van der Waals surface area contributed by atoms with Gasteiger partial charge < -0.3 is 15.4 Å². The summed E-state index contributed by atoms with van der Waals surface area (Å²) in [6.45, 7) is 8.04. The van der Waals surface area contributed by atoms with Crippen LogP contribution in [0, 0.1) is 12.8 Å². The van der Waals surface area contributed by atoms with Gasteiger partial charge in [-0.25, -0.2) is 4.79 Å². The number of anilines is 1. The van der Waals surface area contributed by atoms with Crippen molar-refractivity contribution in [1.82, 2.24) is 5.32 Å². The van der Waals surface area contributed by atoms with Gasteiger partial charge in [0.1, 0.15) is 5.54 Å². The Morgan fingerprint density at radius 2 is 2.35 bits per heavy atom. The zero-order valence-electron chi connectivity index (χ0n) is 12.5. The van der Waals surface area contributed by atoms with Gasteiger partial charge >= 0.3 is 5.97 Å². The first-order chi connectivity index (χ1) is 9.58. The van der Waals surface area contributed by atoms with Gasteiger partial charge in [-0.05, 0) is 44.5 Å². The van der Waals surface area contributed by atoms with Crippen LogP contribution in [-0.4, -0.2) is 31.2 Å². The molecule has 110 valence electrons. The molecule has 0 amide bonds. The van der Waals surface area contributed by atoms with Gasteiger partial charge in [0, 0.05) is 18.2 Å². The highest BCUT2D eigenvalue weighted by Crippen LogP contribution is 2.30. The molecule has 2 rings (SSSR count). The predicted octanol–water partition coefficient (Wildman–Crippen LogP) is 2.34. The lowest BCUT2D eigenvalue weighted by molar-refractivity contribution is -0.151. The van der Waals surface area contributed by atoms with Crippen LogP contribution in [0.3, 0.4) is 0 Å². The van der Waals surface area contributed by atoms with E-state index in [2.05, 4.69) is 23.6 Å². The summed E-state index contributed by atoms with van der Waals surface area (Å²) in [4.78, 5) is 12.5. The first kappa shape index (κ1) is 14.9. The third-order valence-corrected chi connectivity index (χ3v) is 4.01. The van der Waals surface area contributed by atoms with Crippen molar-refractivity contribution in [1.29, 1.82) is 0 Å². The fraction of sp³-hybridized carbons (Fsp3) is 0.562. The maximum absolute atomic E-state index is 12.5. The zero-order chi connectivity index (χ0) is 14.6. The van der Waals surface area contributed by atoms with Gasteiger partial charge in [-0.15, -0.1) is 0 Å². The van der Waals surface area contributed by atoms with Crippen molar-refractivity contribution >= 4 is 11.7 Å². The van der Waals surface area contributed by atoms with Crippen LogP contribution < -0.4 is 10.6 Å². The van der Waals surface area contributed by atoms with E-state index in [1.165, 1.54) is 5.56 Å². The van der Waals surface area contributed by atoms with E-state index in [-0.39, 0.29) is 11.9 Å². The Bertz CT molecular complexity index is 475. The summed E-state index contributed by atoms with van der Waals surface area (Å²) in [5.74, 6) is 0.0336. The van der Waals surface area contributed by atoms with Crippen molar-refractivity contribution < 1.29 is 9.53 Å². The molecule has 2 unspecified atom stereocenters. The van der Waals surface area contributed by atoms with Crippen molar-refractivity contribution in [3.05, 3.63) is 29.8 Å². The van der Waals surface area contributed by atoms with Crippen molar-refractivity contribution in [2.45, 2.75) is 32.7 Å². The van der Waals surface area contributed by atoms with Crippen LogP contribution in [0.15, 0.2) is 24.3 Å². The second-order valence-corrected chi connectivity index (χ2v) is 5.54. The Hall–Kier alpha value is -1.55. The molecule has 1 saturated heterocycles. The molecule has 1 heterocycles. The predicted molar refractivity (Wildman–Crippen MR) is 80.8 cm³/mol. The number of hydrogen-bond donors (Lipinski definition) is 2. The lowest BCUT2D eigenvalue weighted by atomic mass is 9.79. The van der Waals surface area contributed by atoms with Crippen LogP contribution in [0.4, 0.5) is 5.69 Å². The normalized spacial score (nSPS) is 26.1. The standard InChI is InChI=1S/C16H24N2O2/c1-4-20-15(19)16(8-9-17-11-13(16)3)18-14-7-5-6-12(2)10-14/h5-7,10,13,17-18H,4,8-9,11H2,1-3H3. The van der Waals surface area contributed by atoms with Crippen molar-refractivity contribution in [3.63, 3.8) is 0 Å². The van der Waals surface area contributed by atoms with Crippen molar-refractivity contribution in [3.8, 4) is 0 Å². The van der Waals surface area contributed by atoms with E-state index >= 15 is 0 Å². The first-order valence-corrected chi connectivity index (χ1v) is 7.31. The number of carbonyl (C=O) groups excluding carboxylic acids is 1. The molecule has 1 aliphatic heterocycles. The number of carbonyl (C=O) groups is 1. The molecule has 0 radical (unpaired) electrons. The number of hydrogen-bond acceptors (Lipinski definition) is 4. The highest BCUT2D eigenvalue weighted by Gasteiger charge is 2.46. The molecule has 1 aromatic rings. The minimum atomic E-state index is -0.630. The van der Waals surface area contributed by atoms with Crippen LogP contribution in [-0.2, 0) is 9.53 Å². The van der Waals surface area contributed by atoms with E-state index in [0.717, 1.165) is 25.2 Å². The van der Waals surface area contributed by atoms with E-state index in [1.807, 2.05) is 32.0 Å². The van der Waals surface area contributed by atoms with Gasteiger partial charge in [0.15, 0.2) is 0 Å². The van der Waals surface area contributed by atoms with Crippen LogP contribution in [0.1, 0.15) is 25.8 Å². The van der Waals surface area contributed by atoms with Crippen molar-refractivity contribution in [2.24, 2.45) is 5.92 Å². The molecular formula is C16H24N2O2. The fourth-order valence-corrected chi connectivity index (χ4v) is 2.80. The highest BCUT2D eigenvalue weighted by molar-refractivity contribution is 5.85. The van der Waals surface area contributed by atoms with Gasteiger partial charge in [0.25, 0.3) is 0 Å². The maximum atomic E-state index is 12.5. The molecule has 0 bridgehead atoms. The van der Waals surface area contributed by atoms with Crippen LogP contribution >= 0.6 is 0 Å². The molecule has 0 aliphatic carbocycles. The van der Waals surface area contributed by atoms with E-state index < -0.39 is 5.54 Å². The average molecular weight is 276 g/mol. The van der Waals surface area contributed by atoms with E-state index in [9.17, 15) is 4.79 Å². The summed E-state index contributed by atoms with van der Waals surface area (Å²) >= 11 is 0. The van der Waals surface area contributed by atoms with Gasteiger partial charge in [0.2, 0.25) is 0 Å². The second-order valence-electron chi connectivity index (χ2n) is 5.54. The molecule has 4 nitrogen and oxygen atoms in total. The molecular weight excluding hydrogens is 252 g/mol. The molecule has 0 aromatic heterocycles. The number of benzene rings is 1. The number of rotatable bonds is 4. The Morgan fingerprint density at radius 3 is 3.00 bits per heavy atom. The number of piperidine rings is 1. The molecule has 2 N–H and O–H groups in total. The molecule has 1 aliphatic rings. The van der Waals surface area contributed by atoms with E-state index in [4.69, 9.17) is 4.74 Å². The van der Waals surface area contributed by atoms with E-state index in [1.54, 1.807) is 0 Å². The van der Waals surface area contributed by atoms with Gasteiger partial charge in [-0.2, -0.15) is 0 Å². The zero-order valence-corrected chi connectivity index (χ0v) is 12.5. The smallest absolute Gasteiger partial charge is 0.332 e. The molecule has 1 aromatic carbocycles.